The monoisotopic (exact) mass is 345 g/mol. The number of aryl methyl sites for hydroxylation is 3. The van der Waals surface area contributed by atoms with Gasteiger partial charge in [0.2, 0.25) is 0 Å². The van der Waals surface area contributed by atoms with Crippen LogP contribution in [0, 0.1) is 13.8 Å². The van der Waals surface area contributed by atoms with Crippen LogP contribution in [0.4, 0.5) is 0 Å². The minimum atomic E-state index is 0.814. The van der Waals surface area contributed by atoms with Crippen LogP contribution in [-0.2, 0) is 7.05 Å². The van der Waals surface area contributed by atoms with Crippen LogP contribution in [0.2, 0.25) is 0 Å². The molecule has 0 atom stereocenters. The summed E-state index contributed by atoms with van der Waals surface area (Å²) in [6.45, 7) is 3.95. The van der Waals surface area contributed by atoms with Crippen LogP contribution in [0.25, 0.3) is 33.4 Å². The van der Waals surface area contributed by atoms with Gasteiger partial charge in [0.1, 0.15) is 5.75 Å². The largest absolute Gasteiger partial charge is 0.496 e. The van der Waals surface area contributed by atoms with E-state index in [1.54, 1.807) is 24.2 Å². The van der Waals surface area contributed by atoms with Crippen molar-refractivity contribution >= 4 is 10.9 Å². The molecular weight excluding hydrogens is 326 g/mol. The van der Waals surface area contributed by atoms with Crippen LogP contribution in [0.3, 0.4) is 0 Å². The zero-order valence-corrected chi connectivity index (χ0v) is 15.2. The van der Waals surface area contributed by atoms with E-state index >= 15 is 0 Å². The number of hydrogen-bond acceptors (Lipinski definition) is 5. The second-order valence-electron chi connectivity index (χ2n) is 6.34. The van der Waals surface area contributed by atoms with Crippen molar-refractivity contribution in [1.82, 2.24) is 24.7 Å². The highest BCUT2D eigenvalue weighted by Crippen LogP contribution is 2.34. The Hall–Kier alpha value is -3.28. The van der Waals surface area contributed by atoms with E-state index in [0.717, 1.165) is 50.4 Å². The summed E-state index contributed by atoms with van der Waals surface area (Å²) in [5.41, 5.74) is 6.40. The van der Waals surface area contributed by atoms with Crippen molar-refractivity contribution in [3.05, 3.63) is 54.2 Å². The number of ether oxygens (including phenoxy) is 1. The highest BCUT2D eigenvalue weighted by molar-refractivity contribution is 5.96. The maximum absolute atomic E-state index is 5.48. The van der Waals surface area contributed by atoms with Crippen LogP contribution in [0.15, 0.2) is 43.0 Å². The summed E-state index contributed by atoms with van der Waals surface area (Å²) in [5, 5.41) is 5.28. The van der Waals surface area contributed by atoms with Gasteiger partial charge in [-0.2, -0.15) is 5.10 Å². The normalized spacial score (nSPS) is 11.1. The molecule has 0 fully saturated rings. The fourth-order valence-corrected chi connectivity index (χ4v) is 3.03. The number of hydrogen-bond donors (Lipinski definition) is 0. The van der Waals surface area contributed by atoms with Crippen LogP contribution in [-0.4, -0.2) is 31.8 Å². The molecule has 1 aromatic carbocycles. The molecule has 130 valence electrons. The Kier molecular flexibility index (Phi) is 3.88. The lowest BCUT2D eigenvalue weighted by Gasteiger charge is -2.12. The van der Waals surface area contributed by atoms with Crippen molar-refractivity contribution in [1.29, 1.82) is 0 Å². The summed E-state index contributed by atoms with van der Waals surface area (Å²) in [6, 6.07) is 6.10. The average Bonchev–Trinajstić information content (AvgIpc) is 3.07. The fourth-order valence-electron chi connectivity index (χ4n) is 3.03. The summed E-state index contributed by atoms with van der Waals surface area (Å²) in [7, 11) is 3.56. The van der Waals surface area contributed by atoms with Gasteiger partial charge >= 0.3 is 0 Å². The van der Waals surface area contributed by atoms with Gasteiger partial charge in [-0.05, 0) is 31.5 Å². The van der Waals surface area contributed by atoms with Gasteiger partial charge in [-0.3, -0.25) is 14.6 Å². The molecule has 6 nitrogen and oxygen atoms in total. The molecule has 3 heterocycles. The Morgan fingerprint density at radius 2 is 1.81 bits per heavy atom. The Bertz CT molecular complexity index is 1100. The van der Waals surface area contributed by atoms with Gasteiger partial charge in [-0.15, -0.1) is 0 Å². The number of pyridine rings is 1. The van der Waals surface area contributed by atoms with E-state index < -0.39 is 0 Å². The van der Waals surface area contributed by atoms with Crippen molar-refractivity contribution in [3.8, 4) is 28.3 Å². The minimum Gasteiger partial charge on any atom is -0.496 e. The van der Waals surface area contributed by atoms with Gasteiger partial charge in [0.15, 0.2) is 0 Å². The summed E-state index contributed by atoms with van der Waals surface area (Å²) in [4.78, 5) is 13.8. The van der Waals surface area contributed by atoms with E-state index in [4.69, 9.17) is 9.72 Å². The first-order valence-corrected chi connectivity index (χ1v) is 8.32. The molecule has 6 heteroatoms. The van der Waals surface area contributed by atoms with E-state index in [1.165, 1.54) is 0 Å². The standard InChI is InChI=1S/C20H19N5O/c1-12-5-15-16(19-10-21-13(2)8-22-19)6-17(14-9-23-25(3)11-14)24-18(15)7-20(12)26-4/h5-11H,1-4H3. The first kappa shape index (κ1) is 16.2. The second kappa shape index (κ2) is 6.22. The minimum absolute atomic E-state index is 0.814. The first-order valence-electron chi connectivity index (χ1n) is 8.32. The molecule has 0 saturated carbocycles. The maximum Gasteiger partial charge on any atom is 0.123 e. The number of methoxy groups -OCH3 is 1. The maximum atomic E-state index is 5.48. The predicted octanol–water partition coefficient (Wildman–Crippen LogP) is 3.72. The molecule has 0 N–H and O–H groups in total. The molecule has 3 aromatic heterocycles. The van der Waals surface area contributed by atoms with Gasteiger partial charge in [0, 0.05) is 42.0 Å². The van der Waals surface area contributed by atoms with Crippen molar-refractivity contribution < 1.29 is 4.74 Å². The van der Waals surface area contributed by atoms with E-state index in [9.17, 15) is 0 Å². The van der Waals surface area contributed by atoms with Gasteiger partial charge in [-0.1, -0.05) is 0 Å². The molecule has 4 rings (SSSR count). The van der Waals surface area contributed by atoms with Crippen molar-refractivity contribution in [2.75, 3.05) is 7.11 Å². The predicted molar refractivity (Wildman–Crippen MR) is 101 cm³/mol. The topological polar surface area (TPSA) is 65.7 Å². The SMILES string of the molecule is COc1cc2nc(-c3cnn(C)c3)cc(-c3cnc(C)cn3)c2cc1C. The number of nitrogens with zero attached hydrogens (tertiary/aromatic N) is 5. The Labute approximate surface area is 151 Å². The molecule has 0 aliphatic carbocycles. The molecule has 4 aromatic rings. The zero-order chi connectivity index (χ0) is 18.3. The molecule has 0 spiro atoms. The third kappa shape index (κ3) is 2.79. The van der Waals surface area contributed by atoms with E-state index in [0.29, 0.717) is 0 Å². The Morgan fingerprint density at radius 3 is 2.46 bits per heavy atom. The average molecular weight is 345 g/mol. The van der Waals surface area contributed by atoms with Crippen molar-refractivity contribution in [2.45, 2.75) is 13.8 Å². The quantitative estimate of drug-likeness (QED) is 0.566. The summed E-state index contributed by atoms with van der Waals surface area (Å²) < 4.78 is 7.25. The Morgan fingerprint density at radius 1 is 0.962 bits per heavy atom. The van der Waals surface area contributed by atoms with Crippen molar-refractivity contribution in [2.24, 2.45) is 7.05 Å². The number of rotatable bonds is 3. The molecule has 0 radical (unpaired) electrons. The second-order valence-corrected chi connectivity index (χ2v) is 6.34. The van der Waals surface area contributed by atoms with Gasteiger partial charge < -0.3 is 4.74 Å². The van der Waals surface area contributed by atoms with Gasteiger partial charge in [-0.25, -0.2) is 4.98 Å². The van der Waals surface area contributed by atoms with Crippen LogP contribution in [0.1, 0.15) is 11.3 Å². The molecule has 0 aliphatic rings. The summed E-state index contributed by atoms with van der Waals surface area (Å²) >= 11 is 0. The highest BCUT2D eigenvalue weighted by atomic mass is 16.5. The van der Waals surface area contributed by atoms with Gasteiger partial charge in [0.25, 0.3) is 0 Å². The molecule has 0 bridgehead atoms. The van der Waals surface area contributed by atoms with Crippen LogP contribution in [0.5, 0.6) is 5.75 Å². The smallest absolute Gasteiger partial charge is 0.123 e. The molecule has 0 saturated heterocycles. The van der Waals surface area contributed by atoms with Crippen molar-refractivity contribution in [3.63, 3.8) is 0 Å². The lowest BCUT2D eigenvalue weighted by Crippen LogP contribution is -1.95. The third-order valence-corrected chi connectivity index (χ3v) is 4.38. The molecule has 0 unspecified atom stereocenters. The molecule has 26 heavy (non-hydrogen) atoms. The zero-order valence-electron chi connectivity index (χ0n) is 15.2. The van der Waals surface area contributed by atoms with E-state index in [2.05, 4.69) is 21.1 Å². The fraction of sp³-hybridized carbons (Fsp3) is 0.200. The van der Waals surface area contributed by atoms with Crippen LogP contribution < -0.4 is 4.74 Å². The summed E-state index contributed by atoms with van der Waals surface area (Å²) in [6.07, 6.45) is 7.34. The lowest BCUT2D eigenvalue weighted by molar-refractivity contribution is 0.412. The lowest BCUT2D eigenvalue weighted by atomic mass is 10.0. The van der Waals surface area contributed by atoms with Gasteiger partial charge in [0.05, 0.1) is 42.1 Å². The Balaban J connectivity index is 2.03. The highest BCUT2D eigenvalue weighted by Gasteiger charge is 2.14. The number of aromatic nitrogens is 5. The summed E-state index contributed by atoms with van der Waals surface area (Å²) in [5.74, 6) is 0.814. The van der Waals surface area contributed by atoms with E-state index in [-0.39, 0.29) is 0 Å². The van der Waals surface area contributed by atoms with E-state index in [1.807, 2.05) is 45.4 Å². The number of fused-ring (bicyclic) bond motifs is 1. The molecule has 0 amide bonds. The number of benzene rings is 1. The molecule has 0 aliphatic heterocycles. The van der Waals surface area contributed by atoms with Crippen LogP contribution >= 0.6 is 0 Å². The first-order chi connectivity index (χ1) is 12.5. The molecular formula is C20H19N5O. The third-order valence-electron chi connectivity index (χ3n) is 4.38.